The number of carbonyl (C=O) groups excluding carboxylic acids is 1. The maximum absolute atomic E-state index is 11.8. The van der Waals surface area contributed by atoms with Crippen LogP contribution in [0, 0.1) is 17.3 Å². The van der Waals surface area contributed by atoms with E-state index in [-0.39, 0.29) is 11.8 Å². The smallest absolute Gasteiger partial charge is 0.224 e. The van der Waals surface area contributed by atoms with E-state index in [0.29, 0.717) is 17.9 Å². The molecule has 0 aromatic carbocycles. The van der Waals surface area contributed by atoms with Crippen molar-refractivity contribution in [1.29, 1.82) is 0 Å². The number of nitrogens with one attached hydrogen (secondary N) is 1. The van der Waals surface area contributed by atoms with Crippen LogP contribution >= 0.6 is 0 Å². The van der Waals surface area contributed by atoms with Crippen molar-refractivity contribution in [2.24, 2.45) is 23.0 Å². The molecule has 0 spiro atoms. The highest BCUT2D eigenvalue weighted by Crippen LogP contribution is 2.39. The maximum atomic E-state index is 11.8. The molecule has 1 aliphatic carbocycles. The van der Waals surface area contributed by atoms with Crippen LogP contribution in [0.1, 0.15) is 40.0 Å². The molecular weight excluding hydrogens is 188 g/mol. The molecule has 15 heavy (non-hydrogen) atoms. The summed E-state index contributed by atoms with van der Waals surface area (Å²) in [5.74, 6) is 0.415. The summed E-state index contributed by atoms with van der Waals surface area (Å²) in [6.07, 6.45) is 3.78. The van der Waals surface area contributed by atoms with Crippen molar-refractivity contribution in [2.75, 3.05) is 13.1 Å². The Labute approximate surface area is 92.8 Å². The van der Waals surface area contributed by atoms with Crippen molar-refractivity contribution < 1.29 is 4.79 Å². The lowest BCUT2D eigenvalue weighted by Gasteiger charge is -2.38. The Bertz CT molecular complexity index is 222. The van der Waals surface area contributed by atoms with Gasteiger partial charge in [0.15, 0.2) is 0 Å². The zero-order chi connectivity index (χ0) is 11.5. The molecule has 1 saturated carbocycles. The average molecular weight is 212 g/mol. The Morgan fingerprint density at radius 1 is 1.47 bits per heavy atom. The molecule has 0 aromatic heterocycles. The van der Waals surface area contributed by atoms with Gasteiger partial charge in [-0.05, 0) is 24.2 Å². The van der Waals surface area contributed by atoms with Gasteiger partial charge >= 0.3 is 0 Å². The van der Waals surface area contributed by atoms with Gasteiger partial charge in [0.25, 0.3) is 0 Å². The molecule has 88 valence electrons. The number of carbonyl (C=O) groups is 1. The van der Waals surface area contributed by atoms with Crippen molar-refractivity contribution in [3.8, 4) is 0 Å². The molecule has 0 saturated heterocycles. The van der Waals surface area contributed by atoms with Crippen LogP contribution in [0.25, 0.3) is 0 Å². The molecule has 1 atom stereocenters. The van der Waals surface area contributed by atoms with Gasteiger partial charge in [-0.15, -0.1) is 0 Å². The SMILES string of the molecule is CC(C)C(CN)C(=O)NCC1(C)CCC1. The summed E-state index contributed by atoms with van der Waals surface area (Å²) >= 11 is 0. The van der Waals surface area contributed by atoms with E-state index >= 15 is 0 Å². The Hall–Kier alpha value is -0.570. The second-order valence-corrected chi connectivity index (χ2v) is 5.47. The summed E-state index contributed by atoms with van der Waals surface area (Å²) in [4.78, 5) is 11.8. The van der Waals surface area contributed by atoms with Crippen LogP contribution in [0.15, 0.2) is 0 Å². The summed E-state index contributed by atoms with van der Waals surface area (Å²) in [6, 6.07) is 0. The fourth-order valence-corrected chi connectivity index (χ4v) is 2.07. The molecule has 0 radical (unpaired) electrons. The maximum Gasteiger partial charge on any atom is 0.224 e. The van der Waals surface area contributed by atoms with E-state index in [4.69, 9.17) is 5.73 Å². The molecule has 0 bridgehead atoms. The van der Waals surface area contributed by atoms with Gasteiger partial charge < -0.3 is 11.1 Å². The minimum absolute atomic E-state index is 0.0336. The standard InChI is InChI=1S/C12H24N2O/c1-9(2)10(7-13)11(15)14-8-12(3)5-4-6-12/h9-10H,4-8,13H2,1-3H3,(H,14,15). The van der Waals surface area contributed by atoms with Crippen LogP contribution < -0.4 is 11.1 Å². The first-order chi connectivity index (χ1) is 6.98. The van der Waals surface area contributed by atoms with E-state index in [9.17, 15) is 4.79 Å². The van der Waals surface area contributed by atoms with Crippen LogP contribution in [0.4, 0.5) is 0 Å². The molecule has 0 heterocycles. The van der Waals surface area contributed by atoms with Gasteiger partial charge in [0.05, 0.1) is 5.92 Å². The van der Waals surface area contributed by atoms with E-state index in [1.165, 1.54) is 19.3 Å². The minimum atomic E-state index is -0.0336. The minimum Gasteiger partial charge on any atom is -0.355 e. The summed E-state index contributed by atoms with van der Waals surface area (Å²) in [6.45, 7) is 7.59. The number of amides is 1. The molecule has 3 N–H and O–H groups in total. The predicted octanol–water partition coefficient (Wildman–Crippen LogP) is 1.52. The van der Waals surface area contributed by atoms with Crippen molar-refractivity contribution in [3.63, 3.8) is 0 Å². The molecule has 1 amide bonds. The first kappa shape index (κ1) is 12.5. The van der Waals surface area contributed by atoms with E-state index in [2.05, 4.69) is 12.2 Å². The van der Waals surface area contributed by atoms with E-state index in [1.54, 1.807) is 0 Å². The molecule has 1 unspecified atom stereocenters. The van der Waals surface area contributed by atoms with Crippen molar-refractivity contribution in [2.45, 2.75) is 40.0 Å². The van der Waals surface area contributed by atoms with Gasteiger partial charge in [0, 0.05) is 13.1 Å². The lowest BCUT2D eigenvalue weighted by atomic mass is 9.70. The Kier molecular flexibility index (Phi) is 4.14. The van der Waals surface area contributed by atoms with Crippen molar-refractivity contribution >= 4 is 5.91 Å². The highest BCUT2D eigenvalue weighted by atomic mass is 16.1. The van der Waals surface area contributed by atoms with Gasteiger partial charge in [-0.2, -0.15) is 0 Å². The molecule has 1 fully saturated rings. The lowest BCUT2D eigenvalue weighted by Crippen LogP contribution is -2.44. The molecule has 0 aromatic rings. The third-order valence-electron chi connectivity index (χ3n) is 3.65. The van der Waals surface area contributed by atoms with Crippen LogP contribution in [0.3, 0.4) is 0 Å². The molecule has 3 heteroatoms. The topological polar surface area (TPSA) is 55.1 Å². The zero-order valence-electron chi connectivity index (χ0n) is 10.2. The van der Waals surface area contributed by atoms with Crippen LogP contribution in [0.2, 0.25) is 0 Å². The zero-order valence-corrected chi connectivity index (χ0v) is 10.2. The fourth-order valence-electron chi connectivity index (χ4n) is 2.07. The Morgan fingerprint density at radius 2 is 2.07 bits per heavy atom. The predicted molar refractivity (Wildman–Crippen MR) is 62.4 cm³/mol. The summed E-state index contributed by atoms with van der Waals surface area (Å²) < 4.78 is 0. The third kappa shape index (κ3) is 3.20. The molecule has 0 aliphatic heterocycles. The largest absolute Gasteiger partial charge is 0.355 e. The molecule has 3 nitrogen and oxygen atoms in total. The lowest BCUT2D eigenvalue weighted by molar-refractivity contribution is -0.126. The molecular formula is C12H24N2O. The van der Waals surface area contributed by atoms with Crippen molar-refractivity contribution in [3.05, 3.63) is 0 Å². The third-order valence-corrected chi connectivity index (χ3v) is 3.65. The van der Waals surface area contributed by atoms with Gasteiger partial charge in [0.2, 0.25) is 5.91 Å². The van der Waals surface area contributed by atoms with Gasteiger partial charge in [0.1, 0.15) is 0 Å². The van der Waals surface area contributed by atoms with Crippen LogP contribution in [0.5, 0.6) is 0 Å². The fraction of sp³-hybridized carbons (Fsp3) is 0.917. The molecule has 1 aliphatic rings. The normalized spacial score (nSPS) is 20.9. The Balaban J connectivity index is 2.34. The van der Waals surface area contributed by atoms with Crippen molar-refractivity contribution in [1.82, 2.24) is 5.32 Å². The monoisotopic (exact) mass is 212 g/mol. The second-order valence-electron chi connectivity index (χ2n) is 5.47. The Morgan fingerprint density at radius 3 is 2.40 bits per heavy atom. The van der Waals surface area contributed by atoms with Gasteiger partial charge in [-0.25, -0.2) is 0 Å². The highest BCUT2D eigenvalue weighted by molar-refractivity contribution is 5.79. The summed E-state index contributed by atoms with van der Waals surface area (Å²) in [5, 5.41) is 3.04. The van der Waals surface area contributed by atoms with Crippen LogP contribution in [-0.4, -0.2) is 19.0 Å². The summed E-state index contributed by atoms with van der Waals surface area (Å²) in [7, 11) is 0. The number of hydrogen-bond acceptors (Lipinski definition) is 2. The second kappa shape index (κ2) is 4.97. The first-order valence-electron chi connectivity index (χ1n) is 5.96. The van der Waals surface area contributed by atoms with E-state index in [1.807, 2.05) is 13.8 Å². The van der Waals surface area contributed by atoms with Gasteiger partial charge in [-0.1, -0.05) is 27.2 Å². The number of nitrogens with two attached hydrogens (primary N) is 1. The van der Waals surface area contributed by atoms with Gasteiger partial charge in [-0.3, -0.25) is 4.79 Å². The van der Waals surface area contributed by atoms with E-state index in [0.717, 1.165) is 6.54 Å². The average Bonchev–Trinajstić information content (AvgIpc) is 2.12. The summed E-state index contributed by atoms with van der Waals surface area (Å²) in [5.41, 5.74) is 5.95. The molecule has 1 rings (SSSR count). The quantitative estimate of drug-likeness (QED) is 0.726. The van der Waals surface area contributed by atoms with E-state index < -0.39 is 0 Å². The number of rotatable bonds is 5. The number of hydrogen-bond donors (Lipinski definition) is 2. The highest BCUT2D eigenvalue weighted by Gasteiger charge is 2.32. The first-order valence-corrected chi connectivity index (χ1v) is 5.96. The van der Waals surface area contributed by atoms with Crippen LogP contribution in [-0.2, 0) is 4.79 Å².